The molecule has 0 heterocycles. The van der Waals surface area contributed by atoms with Gasteiger partial charge in [-0.15, -0.1) is 0 Å². The second-order valence-electron chi connectivity index (χ2n) is 0. The van der Waals surface area contributed by atoms with E-state index < -0.39 is 0 Å². The summed E-state index contributed by atoms with van der Waals surface area (Å²) in [6.07, 6.45) is 0. The van der Waals surface area contributed by atoms with Crippen LogP contribution in [0.25, 0.3) is 0 Å². The SMILES string of the molecule is [CH2-]C.[CH3-].[CH3-].[CH3-].[CH3-].[Zr]. The van der Waals surface area contributed by atoms with Gasteiger partial charge in [0, 0.05) is 26.2 Å². The molecular weight excluding hydrogens is 163 g/mol. The second-order valence-corrected chi connectivity index (χ2v) is 0. The molecule has 0 aliphatic heterocycles. The van der Waals surface area contributed by atoms with Crippen LogP contribution in [0.15, 0.2) is 0 Å². The zero-order valence-corrected chi connectivity index (χ0v) is 8.67. The van der Waals surface area contributed by atoms with Crippen LogP contribution in [0.1, 0.15) is 6.92 Å². The molecule has 0 nitrogen and oxygen atoms in total. The fourth-order valence-corrected chi connectivity index (χ4v) is 0. The third kappa shape index (κ3) is 210. The molecule has 0 atom stereocenters. The van der Waals surface area contributed by atoms with E-state index in [2.05, 4.69) is 6.92 Å². The molecule has 0 rings (SSSR count). The summed E-state index contributed by atoms with van der Waals surface area (Å²) in [6.45, 7) is 5.00. The molecule has 0 saturated carbocycles. The fourth-order valence-electron chi connectivity index (χ4n) is 0. The largest absolute Gasteiger partial charge is 0.358 e. The maximum Gasteiger partial charge on any atom is 0 e. The zero-order chi connectivity index (χ0) is 2.00. The van der Waals surface area contributed by atoms with Crippen molar-refractivity contribution in [3.63, 3.8) is 0 Å². The molecule has 0 aromatic rings. The summed E-state index contributed by atoms with van der Waals surface area (Å²) in [5, 5.41) is 0. The predicted molar refractivity (Wildman–Crippen MR) is 36.7 cm³/mol. The summed E-state index contributed by atoms with van der Waals surface area (Å²) in [5.74, 6) is 0. The first-order valence-corrected chi connectivity index (χ1v) is 0.707. The molecule has 0 spiro atoms. The van der Waals surface area contributed by atoms with Crippen molar-refractivity contribution in [2.45, 2.75) is 6.92 Å². The summed E-state index contributed by atoms with van der Waals surface area (Å²) in [7, 11) is 0. The Morgan fingerprint density at radius 1 is 0.714 bits per heavy atom. The molecule has 1 heteroatoms. The summed E-state index contributed by atoms with van der Waals surface area (Å²) in [6, 6.07) is 0. The van der Waals surface area contributed by atoms with E-state index in [9.17, 15) is 0 Å². The van der Waals surface area contributed by atoms with Crippen LogP contribution in [-0.4, -0.2) is 0 Å². The summed E-state index contributed by atoms with van der Waals surface area (Å²) >= 11 is 0. The van der Waals surface area contributed by atoms with Gasteiger partial charge in [-0.2, -0.15) is 6.92 Å². The monoisotopic (exact) mass is 179 g/mol. The topological polar surface area (TPSA) is 0 Å². The molecule has 0 radical (unpaired) electrons. The molecule has 0 aromatic heterocycles. The van der Waals surface area contributed by atoms with E-state index in [1.807, 2.05) is 0 Å². The van der Waals surface area contributed by atoms with Crippen LogP contribution in [0.3, 0.4) is 0 Å². The van der Waals surface area contributed by atoms with E-state index in [0.29, 0.717) is 0 Å². The van der Waals surface area contributed by atoms with Crippen molar-refractivity contribution in [3.05, 3.63) is 36.6 Å². The molecule has 0 aliphatic rings. The van der Waals surface area contributed by atoms with Gasteiger partial charge < -0.3 is 36.6 Å². The van der Waals surface area contributed by atoms with Gasteiger partial charge in [0.1, 0.15) is 0 Å². The smallest absolute Gasteiger partial charge is 0 e. The Morgan fingerprint density at radius 2 is 0.714 bits per heavy atom. The molecule has 0 amide bonds. The zero-order valence-electron chi connectivity index (χ0n) is 6.21. The molecule has 0 bridgehead atoms. The Kier molecular flexibility index (Phi) is 4600. The van der Waals surface area contributed by atoms with E-state index in [0.717, 1.165) is 0 Å². The molecule has 0 unspecified atom stereocenters. The van der Waals surface area contributed by atoms with Gasteiger partial charge in [0.05, 0.1) is 0 Å². The van der Waals surface area contributed by atoms with Gasteiger partial charge in [-0.05, 0) is 0 Å². The minimum absolute atomic E-state index is 0. The second kappa shape index (κ2) is 305. The summed E-state index contributed by atoms with van der Waals surface area (Å²) < 4.78 is 0. The number of hydrogen-bond donors (Lipinski definition) is 0. The van der Waals surface area contributed by atoms with Crippen LogP contribution in [0.5, 0.6) is 0 Å². The Labute approximate surface area is 69.8 Å². The predicted octanol–water partition coefficient (Wildman–Crippen LogP) is 2.64. The Morgan fingerprint density at radius 3 is 0.714 bits per heavy atom. The van der Waals surface area contributed by atoms with E-state index in [-0.39, 0.29) is 55.9 Å². The molecule has 0 saturated heterocycles. The van der Waals surface area contributed by atoms with Crippen LogP contribution in [0.4, 0.5) is 0 Å². The van der Waals surface area contributed by atoms with E-state index >= 15 is 0 Å². The van der Waals surface area contributed by atoms with Crippen molar-refractivity contribution in [2.75, 3.05) is 0 Å². The normalized spacial score (nSPS) is 0.857. The van der Waals surface area contributed by atoms with Gasteiger partial charge in [-0.1, -0.05) is 0 Å². The average molecular weight is 180 g/mol. The van der Waals surface area contributed by atoms with Crippen molar-refractivity contribution in [2.24, 2.45) is 0 Å². The van der Waals surface area contributed by atoms with Crippen LogP contribution < -0.4 is 0 Å². The minimum atomic E-state index is 0. The van der Waals surface area contributed by atoms with Crippen molar-refractivity contribution < 1.29 is 26.2 Å². The molecule has 7 heavy (non-hydrogen) atoms. The van der Waals surface area contributed by atoms with Gasteiger partial charge >= 0.3 is 0 Å². The Bertz CT molecular complexity index is 4.14. The third-order valence-corrected chi connectivity index (χ3v) is 0. The fraction of sp³-hybridized carbons (Fsp3) is 0.167. The minimum Gasteiger partial charge on any atom is -0.358 e. The third-order valence-electron chi connectivity index (χ3n) is 0. The van der Waals surface area contributed by atoms with Gasteiger partial charge in [0.15, 0.2) is 0 Å². The van der Waals surface area contributed by atoms with Crippen LogP contribution in [-0.2, 0) is 26.2 Å². The Balaban J connectivity index is -0.000000000500. The van der Waals surface area contributed by atoms with Crippen LogP contribution >= 0.6 is 0 Å². The maximum absolute atomic E-state index is 3.25. The van der Waals surface area contributed by atoms with Gasteiger partial charge in [0.25, 0.3) is 0 Å². The van der Waals surface area contributed by atoms with E-state index in [1.165, 1.54) is 0 Å². The first-order chi connectivity index (χ1) is 1.00. The van der Waals surface area contributed by atoms with E-state index in [1.54, 1.807) is 6.92 Å². The number of rotatable bonds is 0. The van der Waals surface area contributed by atoms with Gasteiger partial charge in [-0.3, -0.25) is 0 Å². The van der Waals surface area contributed by atoms with E-state index in [4.69, 9.17) is 0 Å². The first kappa shape index (κ1) is 105. The van der Waals surface area contributed by atoms with Crippen molar-refractivity contribution in [1.29, 1.82) is 0 Å². The first-order valence-electron chi connectivity index (χ1n) is 0.707. The molecule has 0 aliphatic carbocycles. The standard InChI is InChI=1S/C2H5.4CH3.Zr/c1-2;;;;;/h1H2,2H3;4*1H3;/q5*-1;. The molecule has 50 valence electrons. The van der Waals surface area contributed by atoms with Crippen LogP contribution in [0, 0.1) is 36.6 Å². The van der Waals surface area contributed by atoms with Crippen molar-refractivity contribution in [3.8, 4) is 0 Å². The number of hydrogen-bond acceptors (Lipinski definition) is 0. The van der Waals surface area contributed by atoms with Crippen LogP contribution in [0.2, 0.25) is 0 Å². The Hall–Kier alpha value is 0.883. The summed E-state index contributed by atoms with van der Waals surface area (Å²) in [5.41, 5.74) is 0. The summed E-state index contributed by atoms with van der Waals surface area (Å²) in [4.78, 5) is 0. The molecular formula is C6H17Zr-5. The molecule has 0 fully saturated rings. The quantitative estimate of drug-likeness (QED) is 0.503. The molecule has 0 N–H and O–H groups in total. The van der Waals surface area contributed by atoms with Crippen molar-refractivity contribution >= 4 is 0 Å². The average Bonchev–Trinajstić information content (AvgIpc) is 1.00. The van der Waals surface area contributed by atoms with Gasteiger partial charge in [-0.25, -0.2) is 0 Å². The van der Waals surface area contributed by atoms with Crippen molar-refractivity contribution in [1.82, 2.24) is 0 Å². The maximum atomic E-state index is 3.25. The van der Waals surface area contributed by atoms with Gasteiger partial charge in [0.2, 0.25) is 0 Å². The molecule has 0 aromatic carbocycles.